The Kier molecular flexibility index (Phi) is 6.16. The SMILES string of the molecule is CCC1COCCN1S(=O)(=O)N(C)CCCCl. The zero-order chi connectivity index (χ0) is 12.9. The van der Waals surface area contributed by atoms with Gasteiger partial charge in [-0.25, -0.2) is 0 Å². The van der Waals surface area contributed by atoms with Crippen molar-refractivity contribution >= 4 is 21.8 Å². The summed E-state index contributed by atoms with van der Waals surface area (Å²) in [6.07, 6.45) is 1.43. The molecule has 0 radical (unpaired) electrons. The molecule has 1 heterocycles. The zero-order valence-electron chi connectivity index (χ0n) is 10.4. The van der Waals surface area contributed by atoms with Gasteiger partial charge in [0.25, 0.3) is 10.2 Å². The predicted molar refractivity (Wildman–Crippen MR) is 68.5 cm³/mol. The van der Waals surface area contributed by atoms with Gasteiger partial charge in [0.1, 0.15) is 0 Å². The Balaban J connectivity index is 2.73. The van der Waals surface area contributed by atoms with Crippen LogP contribution < -0.4 is 0 Å². The van der Waals surface area contributed by atoms with Crippen LogP contribution in [-0.2, 0) is 14.9 Å². The molecule has 102 valence electrons. The Morgan fingerprint density at radius 3 is 2.82 bits per heavy atom. The third-order valence-corrected chi connectivity index (χ3v) is 5.25. The molecule has 1 unspecified atom stereocenters. The highest BCUT2D eigenvalue weighted by Crippen LogP contribution is 2.17. The van der Waals surface area contributed by atoms with Crippen molar-refractivity contribution in [2.24, 2.45) is 0 Å². The second-order valence-corrected chi connectivity index (χ2v) is 6.49. The molecule has 0 saturated carbocycles. The van der Waals surface area contributed by atoms with E-state index in [2.05, 4.69) is 0 Å². The van der Waals surface area contributed by atoms with Gasteiger partial charge in [-0.1, -0.05) is 6.92 Å². The fourth-order valence-corrected chi connectivity index (χ4v) is 3.57. The molecule has 7 heteroatoms. The maximum Gasteiger partial charge on any atom is 0.282 e. The van der Waals surface area contributed by atoms with Gasteiger partial charge in [-0.3, -0.25) is 0 Å². The fourth-order valence-electron chi connectivity index (χ4n) is 1.84. The van der Waals surface area contributed by atoms with Crippen molar-refractivity contribution in [2.45, 2.75) is 25.8 Å². The third-order valence-electron chi connectivity index (χ3n) is 2.94. The van der Waals surface area contributed by atoms with Gasteiger partial charge < -0.3 is 4.74 Å². The Hall–Kier alpha value is 0.120. The van der Waals surface area contributed by atoms with E-state index < -0.39 is 10.2 Å². The topological polar surface area (TPSA) is 49.9 Å². The van der Waals surface area contributed by atoms with E-state index in [0.717, 1.165) is 6.42 Å². The molecular formula is C10H21ClN2O3S. The molecule has 1 atom stereocenters. The lowest BCUT2D eigenvalue weighted by Gasteiger charge is -2.36. The van der Waals surface area contributed by atoms with Crippen LogP contribution in [0.15, 0.2) is 0 Å². The van der Waals surface area contributed by atoms with E-state index in [4.69, 9.17) is 16.3 Å². The van der Waals surface area contributed by atoms with Gasteiger partial charge in [-0.05, 0) is 12.8 Å². The molecule has 0 amide bonds. The maximum atomic E-state index is 12.3. The molecule has 17 heavy (non-hydrogen) atoms. The fraction of sp³-hybridized carbons (Fsp3) is 1.00. The minimum absolute atomic E-state index is 0.0489. The van der Waals surface area contributed by atoms with E-state index in [1.807, 2.05) is 6.92 Å². The largest absolute Gasteiger partial charge is 0.378 e. The Labute approximate surface area is 109 Å². The molecule has 0 bridgehead atoms. The molecule has 1 rings (SSSR count). The highest BCUT2D eigenvalue weighted by atomic mass is 35.5. The summed E-state index contributed by atoms with van der Waals surface area (Å²) in [6.45, 7) is 3.82. The standard InChI is InChI=1S/C10H21ClN2O3S/c1-3-10-9-16-8-7-13(10)17(14,15)12(2)6-4-5-11/h10H,3-9H2,1-2H3. The summed E-state index contributed by atoms with van der Waals surface area (Å²) in [6, 6.07) is -0.0489. The van der Waals surface area contributed by atoms with Crippen LogP contribution in [0.2, 0.25) is 0 Å². The van der Waals surface area contributed by atoms with Crippen molar-refractivity contribution in [3.05, 3.63) is 0 Å². The van der Waals surface area contributed by atoms with E-state index >= 15 is 0 Å². The number of nitrogens with zero attached hydrogens (tertiary/aromatic N) is 2. The van der Waals surface area contributed by atoms with E-state index in [0.29, 0.717) is 38.6 Å². The van der Waals surface area contributed by atoms with Crippen LogP contribution in [-0.4, -0.2) is 62.3 Å². The van der Waals surface area contributed by atoms with Gasteiger partial charge in [0.2, 0.25) is 0 Å². The number of alkyl halides is 1. The summed E-state index contributed by atoms with van der Waals surface area (Å²) < 4.78 is 32.9. The first-order valence-corrected chi connectivity index (χ1v) is 7.84. The van der Waals surface area contributed by atoms with Crippen molar-refractivity contribution in [2.75, 3.05) is 39.2 Å². The van der Waals surface area contributed by atoms with Gasteiger partial charge in [-0.2, -0.15) is 17.0 Å². The van der Waals surface area contributed by atoms with Crippen LogP contribution in [0.3, 0.4) is 0 Å². The number of ether oxygens (including phenoxy) is 1. The lowest BCUT2D eigenvalue weighted by Crippen LogP contribution is -2.53. The van der Waals surface area contributed by atoms with Crippen LogP contribution in [0.25, 0.3) is 0 Å². The highest BCUT2D eigenvalue weighted by molar-refractivity contribution is 7.86. The first kappa shape index (κ1) is 15.2. The normalized spacial score (nSPS) is 23.2. The Bertz CT molecular complexity index is 324. The van der Waals surface area contributed by atoms with E-state index in [1.165, 1.54) is 4.31 Å². The van der Waals surface area contributed by atoms with Crippen LogP contribution in [0.4, 0.5) is 0 Å². The number of hydrogen-bond donors (Lipinski definition) is 0. The Morgan fingerprint density at radius 1 is 1.53 bits per heavy atom. The minimum Gasteiger partial charge on any atom is -0.378 e. The molecule has 0 aromatic rings. The molecule has 1 aliphatic rings. The first-order chi connectivity index (χ1) is 8.04. The molecule has 1 fully saturated rings. The first-order valence-electron chi connectivity index (χ1n) is 5.90. The van der Waals surface area contributed by atoms with Gasteiger partial charge in [0.05, 0.1) is 13.2 Å². The van der Waals surface area contributed by atoms with Crippen molar-refractivity contribution in [1.82, 2.24) is 8.61 Å². The summed E-state index contributed by atoms with van der Waals surface area (Å²) in [7, 11) is -1.77. The smallest absolute Gasteiger partial charge is 0.282 e. The lowest BCUT2D eigenvalue weighted by molar-refractivity contribution is 0.0289. The minimum atomic E-state index is -3.37. The van der Waals surface area contributed by atoms with Crippen LogP contribution >= 0.6 is 11.6 Å². The van der Waals surface area contributed by atoms with E-state index in [-0.39, 0.29) is 6.04 Å². The summed E-state index contributed by atoms with van der Waals surface area (Å²) in [5.74, 6) is 0.472. The van der Waals surface area contributed by atoms with Crippen molar-refractivity contribution in [3.63, 3.8) is 0 Å². The monoisotopic (exact) mass is 284 g/mol. The molecule has 1 aliphatic heterocycles. The third kappa shape index (κ3) is 3.79. The summed E-state index contributed by atoms with van der Waals surface area (Å²) in [5.41, 5.74) is 0. The highest BCUT2D eigenvalue weighted by Gasteiger charge is 2.34. The van der Waals surface area contributed by atoms with Crippen molar-refractivity contribution in [1.29, 1.82) is 0 Å². The van der Waals surface area contributed by atoms with Crippen LogP contribution in [0.1, 0.15) is 19.8 Å². The molecule has 0 N–H and O–H groups in total. The van der Waals surface area contributed by atoms with Crippen molar-refractivity contribution in [3.8, 4) is 0 Å². The van der Waals surface area contributed by atoms with Gasteiger partial charge in [0.15, 0.2) is 0 Å². The molecule has 0 spiro atoms. The van der Waals surface area contributed by atoms with Gasteiger partial charge in [0, 0.05) is 32.1 Å². The summed E-state index contributed by atoms with van der Waals surface area (Å²) in [4.78, 5) is 0. The molecule has 5 nitrogen and oxygen atoms in total. The zero-order valence-corrected chi connectivity index (χ0v) is 12.0. The van der Waals surface area contributed by atoms with Crippen LogP contribution in [0.5, 0.6) is 0 Å². The van der Waals surface area contributed by atoms with Crippen molar-refractivity contribution < 1.29 is 13.2 Å². The number of halogens is 1. The number of morpholine rings is 1. The number of rotatable bonds is 6. The average molecular weight is 285 g/mol. The molecule has 0 aromatic heterocycles. The molecule has 1 saturated heterocycles. The predicted octanol–water partition coefficient (Wildman–Crippen LogP) is 0.903. The summed E-state index contributed by atoms with van der Waals surface area (Å²) in [5, 5.41) is 0. The number of hydrogen-bond acceptors (Lipinski definition) is 3. The molecule has 0 aliphatic carbocycles. The summed E-state index contributed by atoms with van der Waals surface area (Å²) >= 11 is 5.58. The molecular weight excluding hydrogens is 264 g/mol. The quantitative estimate of drug-likeness (QED) is 0.681. The van der Waals surface area contributed by atoms with Crippen LogP contribution in [0, 0.1) is 0 Å². The Morgan fingerprint density at radius 2 is 2.24 bits per heavy atom. The second-order valence-electron chi connectivity index (χ2n) is 4.12. The van der Waals surface area contributed by atoms with Gasteiger partial charge in [-0.15, -0.1) is 11.6 Å². The average Bonchev–Trinajstić information content (AvgIpc) is 2.35. The van der Waals surface area contributed by atoms with E-state index in [9.17, 15) is 8.42 Å². The molecule has 0 aromatic carbocycles. The second kappa shape index (κ2) is 6.89. The lowest BCUT2D eigenvalue weighted by atomic mass is 10.2. The van der Waals surface area contributed by atoms with Gasteiger partial charge >= 0.3 is 0 Å². The maximum absolute atomic E-state index is 12.3. The van der Waals surface area contributed by atoms with E-state index in [1.54, 1.807) is 11.4 Å².